The molecule has 0 radical (unpaired) electrons. The van der Waals surface area contributed by atoms with Crippen LogP contribution in [-0.4, -0.2) is 87.0 Å². The molecule has 2 saturated heterocycles. The van der Waals surface area contributed by atoms with Crippen molar-refractivity contribution in [2.24, 2.45) is 5.41 Å². The van der Waals surface area contributed by atoms with Crippen molar-refractivity contribution < 1.29 is 19.1 Å². The lowest BCUT2D eigenvalue weighted by Gasteiger charge is -2.28. The van der Waals surface area contributed by atoms with Crippen LogP contribution < -0.4 is 20.3 Å². The van der Waals surface area contributed by atoms with Crippen LogP contribution in [0.1, 0.15) is 56.0 Å². The van der Waals surface area contributed by atoms with Gasteiger partial charge in [0.25, 0.3) is 5.91 Å². The first-order chi connectivity index (χ1) is 19.6. The molecule has 3 amide bonds. The fourth-order valence-electron chi connectivity index (χ4n) is 5.39. The van der Waals surface area contributed by atoms with Crippen LogP contribution in [0.2, 0.25) is 0 Å². The monoisotopic (exact) mass is 563 g/mol. The Morgan fingerprint density at radius 3 is 2.37 bits per heavy atom. The normalized spacial score (nSPS) is 16.5. The molecule has 2 heterocycles. The van der Waals surface area contributed by atoms with E-state index < -0.39 is 0 Å². The van der Waals surface area contributed by atoms with E-state index in [0.29, 0.717) is 56.8 Å². The number of anilines is 2. The Labute approximate surface area is 244 Å². The molecule has 41 heavy (non-hydrogen) atoms. The van der Waals surface area contributed by atoms with Gasteiger partial charge in [0, 0.05) is 57.8 Å². The fraction of sp³-hybridized carbons (Fsp3) is 0.531. The average molecular weight is 564 g/mol. The maximum Gasteiger partial charge on any atom is 0.253 e. The molecule has 2 aliphatic rings. The van der Waals surface area contributed by atoms with Gasteiger partial charge in [-0.2, -0.15) is 0 Å². The summed E-state index contributed by atoms with van der Waals surface area (Å²) in [6.45, 7) is 11.8. The van der Waals surface area contributed by atoms with Crippen LogP contribution in [0.4, 0.5) is 11.4 Å². The molecule has 222 valence electrons. The minimum atomic E-state index is -0.163. The summed E-state index contributed by atoms with van der Waals surface area (Å²) in [5.41, 5.74) is 2.90. The molecule has 2 aromatic rings. The van der Waals surface area contributed by atoms with Gasteiger partial charge in [-0.15, -0.1) is 0 Å². The zero-order valence-electron chi connectivity index (χ0n) is 25.0. The highest BCUT2D eigenvalue weighted by molar-refractivity contribution is 6.00. The van der Waals surface area contributed by atoms with E-state index in [-0.39, 0.29) is 23.1 Å². The lowest BCUT2D eigenvalue weighted by Crippen LogP contribution is -2.36. The van der Waals surface area contributed by atoms with Crippen LogP contribution in [0.15, 0.2) is 42.5 Å². The molecule has 0 aromatic heterocycles. The van der Waals surface area contributed by atoms with Gasteiger partial charge in [0.2, 0.25) is 11.8 Å². The van der Waals surface area contributed by atoms with E-state index in [0.717, 1.165) is 49.5 Å². The molecule has 0 spiro atoms. The number of ether oxygens (including phenoxy) is 1. The highest BCUT2D eigenvalue weighted by atomic mass is 16.5. The lowest BCUT2D eigenvalue weighted by atomic mass is 9.92. The highest BCUT2D eigenvalue weighted by Crippen LogP contribution is 2.30. The van der Waals surface area contributed by atoms with Crippen LogP contribution in [0.25, 0.3) is 0 Å². The molecule has 2 aliphatic heterocycles. The molecule has 0 bridgehead atoms. The van der Waals surface area contributed by atoms with E-state index in [1.807, 2.05) is 73.0 Å². The SMILES string of the molecule is COc1ccc(CC(=O)N2CCCN(c3ccc(C(=O)N4CCCNCC4)cc3NC(=O)CC(C)(C)C)CC2)cc1. The topological polar surface area (TPSA) is 94.2 Å². The number of rotatable bonds is 7. The first-order valence-electron chi connectivity index (χ1n) is 14.7. The molecule has 2 aromatic carbocycles. The quantitative estimate of drug-likeness (QED) is 0.533. The number of benzene rings is 2. The van der Waals surface area contributed by atoms with E-state index in [1.54, 1.807) is 7.11 Å². The molecule has 9 heteroatoms. The van der Waals surface area contributed by atoms with Gasteiger partial charge in [-0.05, 0) is 60.7 Å². The number of hydrogen-bond donors (Lipinski definition) is 2. The van der Waals surface area contributed by atoms with Gasteiger partial charge in [-0.3, -0.25) is 14.4 Å². The van der Waals surface area contributed by atoms with Gasteiger partial charge in [-0.1, -0.05) is 32.9 Å². The second-order valence-electron chi connectivity index (χ2n) is 12.2. The lowest BCUT2D eigenvalue weighted by molar-refractivity contribution is -0.130. The van der Waals surface area contributed by atoms with E-state index in [2.05, 4.69) is 15.5 Å². The zero-order valence-corrected chi connectivity index (χ0v) is 25.0. The Hall–Kier alpha value is -3.59. The first kappa shape index (κ1) is 30.4. The summed E-state index contributed by atoms with van der Waals surface area (Å²) in [5.74, 6) is 0.781. The maximum absolute atomic E-state index is 13.4. The van der Waals surface area contributed by atoms with E-state index in [1.165, 1.54) is 0 Å². The number of methoxy groups -OCH3 is 1. The predicted molar refractivity (Wildman–Crippen MR) is 163 cm³/mol. The minimum absolute atomic E-state index is 0.0160. The molecule has 0 unspecified atom stereocenters. The largest absolute Gasteiger partial charge is 0.497 e. The summed E-state index contributed by atoms with van der Waals surface area (Å²) >= 11 is 0. The van der Waals surface area contributed by atoms with Gasteiger partial charge in [0.15, 0.2) is 0 Å². The molecule has 2 N–H and O–H groups in total. The van der Waals surface area contributed by atoms with Crippen molar-refractivity contribution in [3.8, 4) is 5.75 Å². The molecule has 9 nitrogen and oxygen atoms in total. The summed E-state index contributed by atoms with van der Waals surface area (Å²) < 4.78 is 5.22. The van der Waals surface area contributed by atoms with E-state index >= 15 is 0 Å². The molecule has 2 fully saturated rings. The fourth-order valence-corrected chi connectivity index (χ4v) is 5.39. The van der Waals surface area contributed by atoms with Crippen LogP contribution in [0, 0.1) is 5.41 Å². The molecular formula is C32H45N5O4. The summed E-state index contributed by atoms with van der Waals surface area (Å²) in [6, 6.07) is 13.3. The van der Waals surface area contributed by atoms with Crippen molar-refractivity contribution in [3.05, 3.63) is 53.6 Å². The zero-order chi connectivity index (χ0) is 29.4. The van der Waals surface area contributed by atoms with Crippen molar-refractivity contribution in [2.45, 2.75) is 46.5 Å². The van der Waals surface area contributed by atoms with E-state index in [9.17, 15) is 14.4 Å². The predicted octanol–water partition coefficient (Wildman–Crippen LogP) is 3.79. The third kappa shape index (κ3) is 8.70. The van der Waals surface area contributed by atoms with Gasteiger partial charge in [0.05, 0.1) is 24.9 Å². The van der Waals surface area contributed by atoms with Crippen molar-refractivity contribution in [1.29, 1.82) is 0 Å². The first-order valence-corrected chi connectivity index (χ1v) is 14.7. The van der Waals surface area contributed by atoms with Crippen LogP contribution in [0.3, 0.4) is 0 Å². The van der Waals surface area contributed by atoms with Gasteiger partial charge in [0.1, 0.15) is 5.75 Å². The summed E-state index contributed by atoms with van der Waals surface area (Å²) in [4.78, 5) is 45.6. The standard InChI is InChI=1S/C32H45N5O4/c1-32(2,3)23-29(38)34-27-22-25(31(40)37-15-5-13-33-14-18-37)9-12-28(27)35-16-6-17-36(20-19-35)30(39)21-24-7-10-26(41-4)11-8-24/h7-12,22,33H,5-6,13-21,23H2,1-4H3,(H,34,38). The highest BCUT2D eigenvalue weighted by Gasteiger charge is 2.25. The number of nitrogens with zero attached hydrogens (tertiary/aromatic N) is 3. The van der Waals surface area contributed by atoms with Crippen molar-refractivity contribution in [1.82, 2.24) is 15.1 Å². The number of hydrogen-bond acceptors (Lipinski definition) is 6. The Kier molecular flexibility index (Phi) is 10.3. The Bertz CT molecular complexity index is 1200. The smallest absolute Gasteiger partial charge is 0.253 e. The van der Waals surface area contributed by atoms with Gasteiger partial charge >= 0.3 is 0 Å². The number of carbonyl (C=O) groups is 3. The average Bonchev–Trinajstić information content (AvgIpc) is 3.36. The summed E-state index contributed by atoms with van der Waals surface area (Å²) in [5, 5.41) is 6.46. The third-order valence-electron chi connectivity index (χ3n) is 7.54. The molecule has 0 atom stereocenters. The molecule has 0 saturated carbocycles. The number of amides is 3. The second-order valence-corrected chi connectivity index (χ2v) is 12.2. The second kappa shape index (κ2) is 13.9. The molecule has 0 aliphatic carbocycles. The van der Waals surface area contributed by atoms with E-state index in [4.69, 9.17) is 4.74 Å². The summed E-state index contributed by atoms with van der Waals surface area (Å²) in [7, 11) is 1.63. The van der Waals surface area contributed by atoms with Gasteiger partial charge < -0.3 is 30.1 Å². The maximum atomic E-state index is 13.4. The van der Waals surface area contributed by atoms with Crippen molar-refractivity contribution in [2.75, 3.05) is 69.7 Å². The number of nitrogens with one attached hydrogen (secondary N) is 2. The number of carbonyl (C=O) groups excluding carboxylic acids is 3. The summed E-state index contributed by atoms with van der Waals surface area (Å²) in [6.07, 6.45) is 2.45. The molecule has 4 rings (SSSR count). The van der Waals surface area contributed by atoms with Crippen molar-refractivity contribution >= 4 is 29.1 Å². The van der Waals surface area contributed by atoms with Crippen LogP contribution in [-0.2, 0) is 16.0 Å². The molecular weight excluding hydrogens is 518 g/mol. The van der Waals surface area contributed by atoms with Gasteiger partial charge in [-0.25, -0.2) is 0 Å². The van der Waals surface area contributed by atoms with Crippen molar-refractivity contribution in [3.63, 3.8) is 0 Å². The van der Waals surface area contributed by atoms with Crippen LogP contribution >= 0.6 is 0 Å². The van der Waals surface area contributed by atoms with Crippen LogP contribution in [0.5, 0.6) is 5.75 Å². The Morgan fingerprint density at radius 1 is 0.878 bits per heavy atom. The Morgan fingerprint density at radius 2 is 1.63 bits per heavy atom. The third-order valence-corrected chi connectivity index (χ3v) is 7.54. The minimum Gasteiger partial charge on any atom is -0.497 e. The Balaban J connectivity index is 1.50.